The van der Waals surface area contributed by atoms with E-state index in [9.17, 15) is 4.21 Å². The van der Waals surface area contributed by atoms with Gasteiger partial charge in [0.1, 0.15) is 0 Å². The molecule has 0 aliphatic heterocycles. The molecule has 0 saturated heterocycles. The SMILES string of the molecule is CS(=O)Cc1noc(-c2ccccc2CC(C)(C)C)n1. The summed E-state index contributed by atoms with van der Waals surface area (Å²) in [7, 11) is -0.966. The van der Waals surface area contributed by atoms with Gasteiger partial charge in [-0.1, -0.05) is 44.1 Å². The van der Waals surface area contributed by atoms with E-state index in [1.807, 2.05) is 18.2 Å². The van der Waals surface area contributed by atoms with E-state index in [-0.39, 0.29) is 5.41 Å². The number of aromatic nitrogens is 2. The maximum atomic E-state index is 11.2. The molecular weight excluding hydrogens is 272 g/mol. The highest BCUT2D eigenvalue weighted by Gasteiger charge is 2.18. The molecule has 1 aromatic heterocycles. The van der Waals surface area contributed by atoms with Gasteiger partial charge in [0, 0.05) is 22.6 Å². The highest BCUT2D eigenvalue weighted by Crippen LogP contribution is 2.28. The van der Waals surface area contributed by atoms with Crippen molar-refractivity contribution in [2.24, 2.45) is 5.41 Å². The smallest absolute Gasteiger partial charge is 0.258 e. The Balaban J connectivity index is 2.32. The number of rotatable bonds is 4. The minimum absolute atomic E-state index is 0.184. The van der Waals surface area contributed by atoms with Crippen LogP contribution in [0.1, 0.15) is 32.2 Å². The van der Waals surface area contributed by atoms with E-state index >= 15 is 0 Å². The molecule has 0 bridgehead atoms. The van der Waals surface area contributed by atoms with Gasteiger partial charge in [0.2, 0.25) is 0 Å². The van der Waals surface area contributed by atoms with E-state index in [4.69, 9.17) is 4.52 Å². The fraction of sp³-hybridized carbons (Fsp3) is 0.467. The highest BCUT2D eigenvalue weighted by atomic mass is 32.2. The Hall–Kier alpha value is -1.49. The van der Waals surface area contributed by atoms with Crippen molar-refractivity contribution in [3.8, 4) is 11.5 Å². The third kappa shape index (κ3) is 4.00. The maximum absolute atomic E-state index is 11.2. The molecule has 20 heavy (non-hydrogen) atoms. The van der Waals surface area contributed by atoms with E-state index in [0.717, 1.165) is 12.0 Å². The third-order valence-corrected chi connectivity index (χ3v) is 3.43. The van der Waals surface area contributed by atoms with Gasteiger partial charge in [0.15, 0.2) is 5.82 Å². The summed E-state index contributed by atoms with van der Waals surface area (Å²) in [6.45, 7) is 6.59. The van der Waals surface area contributed by atoms with Crippen LogP contribution < -0.4 is 0 Å². The van der Waals surface area contributed by atoms with Crippen molar-refractivity contribution in [2.75, 3.05) is 6.26 Å². The molecule has 0 fully saturated rings. The Morgan fingerprint density at radius 2 is 1.95 bits per heavy atom. The first kappa shape index (κ1) is 14.9. The molecule has 2 rings (SSSR count). The lowest BCUT2D eigenvalue weighted by molar-refractivity contribution is 0.407. The second-order valence-corrected chi connectivity index (χ2v) is 7.56. The van der Waals surface area contributed by atoms with Crippen LogP contribution in [0.5, 0.6) is 0 Å². The van der Waals surface area contributed by atoms with Crippen LogP contribution >= 0.6 is 0 Å². The standard InChI is InChI=1S/C15H20N2O2S/c1-15(2,3)9-11-7-5-6-8-12(11)14-16-13(17-19-14)10-20(4)18/h5-8H,9-10H2,1-4H3. The Morgan fingerprint density at radius 3 is 2.60 bits per heavy atom. The molecular formula is C15H20N2O2S. The Labute approximate surface area is 122 Å². The first-order valence-corrected chi connectivity index (χ1v) is 8.29. The molecule has 1 atom stereocenters. The molecule has 4 nitrogen and oxygen atoms in total. The first-order chi connectivity index (χ1) is 9.35. The van der Waals surface area contributed by atoms with Gasteiger partial charge in [0.25, 0.3) is 5.89 Å². The average molecular weight is 292 g/mol. The number of hydrogen-bond donors (Lipinski definition) is 0. The van der Waals surface area contributed by atoms with Crippen LogP contribution in [-0.4, -0.2) is 20.6 Å². The van der Waals surface area contributed by atoms with Gasteiger partial charge >= 0.3 is 0 Å². The Morgan fingerprint density at radius 1 is 1.25 bits per heavy atom. The monoisotopic (exact) mass is 292 g/mol. The molecule has 0 radical (unpaired) electrons. The van der Waals surface area contributed by atoms with Crippen LogP contribution in [0, 0.1) is 5.41 Å². The zero-order valence-electron chi connectivity index (χ0n) is 12.3. The summed E-state index contributed by atoms with van der Waals surface area (Å²) < 4.78 is 16.5. The van der Waals surface area contributed by atoms with Crippen molar-refractivity contribution < 1.29 is 8.73 Å². The number of nitrogens with zero attached hydrogens (tertiary/aromatic N) is 2. The fourth-order valence-electron chi connectivity index (χ4n) is 2.06. The molecule has 1 heterocycles. The van der Waals surface area contributed by atoms with Gasteiger partial charge in [-0.05, 0) is 23.5 Å². The second-order valence-electron chi connectivity index (χ2n) is 6.13. The molecule has 0 amide bonds. The fourth-order valence-corrected chi connectivity index (χ4v) is 2.54. The molecule has 0 aliphatic carbocycles. The molecule has 5 heteroatoms. The summed E-state index contributed by atoms with van der Waals surface area (Å²) in [6.07, 6.45) is 2.56. The molecule has 0 N–H and O–H groups in total. The van der Waals surface area contributed by atoms with E-state index in [1.165, 1.54) is 5.56 Å². The average Bonchev–Trinajstić information content (AvgIpc) is 2.75. The topological polar surface area (TPSA) is 56.0 Å². The predicted molar refractivity (Wildman–Crippen MR) is 80.7 cm³/mol. The molecule has 1 aromatic carbocycles. The van der Waals surface area contributed by atoms with Crippen LogP contribution in [0.15, 0.2) is 28.8 Å². The van der Waals surface area contributed by atoms with Gasteiger partial charge in [0.05, 0.1) is 5.75 Å². The summed E-state index contributed by atoms with van der Waals surface area (Å²) in [4.78, 5) is 4.34. The van der Waals surface area contributed by atoms with Crippen molar-refractivity contribution in [1.82, 2.24) is 10.1 Å². The van der Waals surface area contributed by atoms with Gasteiger partial charge in [-0.15, -0.1) is 0 Å². The molecule has 2 aromatic rings. The van der Waals surface area contributed by atoms with Crippen molar-refractivity contribution >= 4 is 10.8 Å². The summed E-state index contributed by atoms with van der Waals surface area (Å²) in [6, 6.07) is 8.05. The quantitative estimate of drug-likeness (QED) is 0.868. The molecule has 0 saturated carbocycles. The lowest BCUT2D eigenvalue weighted by Gasteiger charge is -2.19. The first-order valence-electron chi connectivity index (χ1n) is 6.56. The summed E-state index contributed by atoms with van der Waals surface area (Å²) in [5.41, 5.74) is 2.33. The number of benzene rings is 1. The van der Waals surface area contributed by atoms with Crippen LogP contribution in [-0.2, 0) is 23.0 Å². The van der Waals surface area contributed by atoms with E-state index in [1.54, 1.807) is 6.26 Å². The molecule has 0 aliphatic rings. The summed E-state index contributed by atoms with van der Waals surface area (Å²) in [5.74, 6) is 1.32. The summed E-state index contributed by atoms with van der Waals surface area (Å²) >= 11 is 0. The largest absolute Gasteiger partial charge is 0.334 e. The van der Waals surface area contributed by atoms with Gasteiger partial charge < -0.3 is 4.52 Å². The van der Waals surface area contributed by atoms with Gasteiger partial charge in [-0.25, -0.2) is 0 Å². The van der Waals surface area contributed by atoms with Crippen molar-refractivity contribution in [1.29, 1.82) is 0 Å². The van der Waals surface area contributed by atoms with Crippen molar-refractivity contribution in [3.63, 3.8) is 0 Å². The lowest BCUT2D eigenvalue weighted by atomic mass is 9.86. The van der Waals surface area contributed by atoms with Gasteiger partial charge in [-0.3, -0.25) is 4.21 Å². The van der Waals surface area contributed by atoms with E-state index in [0.29, 0.717) is 17.5 Å². The zero-order valence-corrected chi connectivity index (χ0v) is 13.2. The number of hydrogen-bond acceptors (Lipinski definition) is 4. The van der Waals surface area contributed by atoms with E-state index < -0.39 is 10.8 Å². The maximum Gasteiger partial charge on any atom is 0.258 e. The second kappa shape index (κ2) is 5.87. The van der Waals surface area contributed by atoms with Crippen molar-refractivity contribution in [2.45, 2.75) is 32.9 Å². The summed E-state index contributed by atoms with van der Waals surface area (Å²) in [5, 5.41) is 3.89. The predicted octanol–water partition coefficient (Wildman–Crippen LogP) is 3.20. The van der Waals surface area contributed by atoms with Gasteiger partial charge in [-0.2, -0.15) is 4.98 Å². The van der Waals surface area contributed by atoms with Crippen LogP contribution in [0.2, 0.25) is 0 Å². The Kier molecular flexibility index (Phi) is 4.38. The van der Waals surface area contributed by atoms with Crippen LogP contribution in [0.25, 0.3) is 11.5 Å². The Bertz CT molecular complexity index is 614. The third-order valence-electron chi connectivity index (χ3n) is 2.77. The molecule has 1 unspecified atom stereocenters. The van der Waals surface area contributed by atoms with Crippen LogP contribution in [0.3, 0.4) is 0 Å². The zero-order chi connectivity index (χ0) is 14.8. The molecule has 0 spiro atoms. The van der Waals surface area contributed by atoms with Crippen LogP contribution in [0.4, 0.5) is 0 Å². The minimum Gasteiger partial charge on any atom is -0.334 e. The van der Waals surface area contributed by atoms with E-state index in [2.05, 4.69) is 37.0 Å². The molecule has 108 valence electrons. The minimum atomic E-state index is -0.966. The lowest BCUT2D eigenvalue weighted by Crippen LogP contribution is -2.10. The van der Waals surface area contributed by atoms with Crippen molar-refractivity contribution in [3.05, 3.63) is 35.7 Å². The highest BCUT2D eigenvalue weighted by molar-refractivity contribution is 7.83. The normalized spacial score (nSPS) is 13.4.